The highest BCUT2D eigenvalue weighted by atomic mass is 16.6. The van der Waals surface area contributed by atoms with Gasteiger partial charge in [0.05, 0.1) is 23.9 Å². The summed E-state index contributed by atoms with van der Waals surface area (Å²) in [5.41, 5.74) is 0.958. The maximum atomic E-state index is 10.8. The minimum absolute atomic E-state index is 0.0369. The van der Waals surface area contributed by atoms with Gasteiger partial charge in [-0.05, 0) is 6.07 Å². The van der Waals surface area contributed by atoms with Crippen molar-refractivity contribution < 1.29 is 14.8 Å². The molecular formula is C11H12N4O4. The Bertz CT molecular complexity index is 596. The van der Waals surface area contributed by atoms with Crippen molar-refractivity contribution in [3.05, 3.63) is 40.2 Å². The predicted octanol–water partition coefficient (Wildman–Crippen LogP) is 0.719. The van der Waals surface area contributed by atoms with Crippen LogP contribution in [0, 0.1) is 10.1 Å². The van der Waals surface area contributed by atoms with E-state index in [4.69, 9.17) is 9.84 Å². The van der Waals surface area contributed by atoms with Crippen molar-refractivity contribution in [2.75, 3.05) is 13.7 Å². The van der Waals surface area contributed by atoms with Crippen LogP contribution in [-0.4, -0.2) is 38.7 Å². The Balaban J connectivity index is 2.45. The van der Waals surface area contributed by atoms with Gasteiger partial charge >= 0.3 is 0 Å². The molecule has 0 aliphatic heterocycles. The van der Waals surface area contributed by atoms with Crippen LogP contribution in [0.4, 0.5) is 5.69 Å². The third-order valence-electron chi connectivity index (χ3n) is 2.53. The summed E-state index contributed by atoms with van der Waals surface area (Å²) in [4.78, 5) is 10.3. The normalized spacial score (nSPS) is 10.4. The number of methoxy groups -OCH3 is 1. The number of ether oxygens (including phenoxy) is 1. The first-order chi connectivity index (χ1) is 9.15. The van der Waals surface area contributed by atoms with Crippen LogP contribution in [0.2, 0.25) is 0 Å². The van der Waals surface area contributed by atoms with E-state index in [9.17, 15) is 10.1 Å². The Hall–Kier alpha value is -2.48. The van der Waals surface area contributed by atoms with E-state index in [1.165, 1.54) is 30.0 Å². The number of nitrogens with zero attached hydrogens (tertiary/aromatic N) is 4. The molecule has 100 valence electrons. The van der Waals surface area contributed by atoms with Gasteiger partial charge in [-0.2, -0.15) is 0 Å². The molecule has 1 heterocycles. The van der Waals surface area contributed by atoms with E-state index in [1.807, 2.05) is 0 Å². The van der Waals surface area contributed by atoms with Crippen molar-refractivity contribution in [2.45, 2.75) is 6.42 Å². The van der Waals surface area contributed by atoms with Crippen LogP contribution < -0.4 is 4.74 Å². The highest BCUT2D eigenvalue weighted by Crippen LogP contribution is 2.26. The third kappa shape index (κ3) is 2.68. The van der Waals surface area contributed by atoms with E-state index >= 15 is 0 Å². The number of hydrogen-bond donors (Lipinski definition) is 1. The second-order valence-electron chi connectivity index (χ2n) is 3.74. The maximum Gasteiger partial charge on any atom is 0.271 e. The second kappa shape index (κ2) is 5.44. The first-order valence-electron chi connectivity index (χ1n) is 5.50. The fraction of sp³-hybridized carbons (Fsp3) is 0.273. The summed E-state index contributed by atoms with van der Waals surface area (Å²) in [6.45, 7) is -0.0369. The van der Waals surface area contributed by atoms with Crippen LogP contribution in [0.25, 0.3) is 5.69 Å². The van der Waals surface area contributed by atoms with Crippen LogP contribution in [0.1, 0.15) is 5.69 Å². The molecule has 19 heavy (non-hydrogen) atoms. The summed E-state index contributed by atoms with van der Waals surface area (Å²) < 4.78 is 6.53. The van der Waals surface area contributed by atoms with Crippen LogP contribution in [-0.2, 0) is 6.42 Å². The van der Waals surface area contributed by atoms with Crippen LogP contribution in [0.5, 0.6) is 5.75 Å². The number of nitro benzene ring substituents is 1. The lowest BCUT2D eigenvalue weighted by Crippen LogP contribution is -2.00. The van der Waals surface area contributed by atoms with Crippen molar-refractivity contribution >= 4 is 5.69 Å². The fourth-order valence-corrected chi connectivity index (χ4v) is 1.62. The molecule has 0 saturated carbocycles. The Kier molecular flexibility index (Phi) is 3.71. The average molecular weight is 264 g/mol. The highest BCUT2D eigenvalue weighted by molar-refractivity contribution is 5.53. The molecule has 0 unspecified atom stereocenters. The monoisotopic (exact) mass is 264 g/mol. The lowest BCUT2D eigenvalue weighted by molar-refractivity contribution is -0.384. The molecule has 0 saturated heterocycles. The zero-order valence-corrected chi connectivity index (χ0v) is 10.2. The van der Waals surface area contributed by atoms with Gasteiger partial charge in [0.15, 0.2) is 0 Å². The Morgan fingerprint density at radius 3 is 2.95 bits per heavy atom. The SMILES string of the molecule is COc1ccc([N+](=O)[O-])cc1-n1cc(CCO)nn1. The number of benzene rings is 1. The molecule has 2 rings (SSSR count). The Labute approximate surface area is 108 Å². The lowest BCUT2D eigenvalue weighted by atomic mass is 10.2. The topological polar surface area (TPSA) is 103 Å². The van der Waals surface area contributed by atoms with E-state index in [0.717, 1.165) is 0 Å². The summed E-state index contributed by atoms with van der Waals surface area (Å²) >= 11 is 0. The minimum Gasteiger partial charge on any atom is -0.494 e. The number of aromatic nitrogens is 3. The van der Waals surface area contributed by atoms with E-state index in [-0.39, 0.29) is 12.3 Å². The predicted molar refractivity (Wildman–Crippen MR) is 65.4 cm³/mol. The summed E-state index contributed by atoms with van der Waals surface area (Å²) in [5, 5.41) is 27.3. The van der Waals surface area contributed by atoms with E-state index < -0.39 is 4.92 Å². The number of aliphatic hydroxyl groups excluding tert-OH is 1. The standard InChI is InChI=1S/C11H12N4O4/c1-19-11-3-2-9(15(17)18)6-10(11)14-7-8(4-5-16)12-13-14/h2-3,6-7,16H,4-5H2,1H3. The van der Waals surface area contributed by atoms with Gasteiger partial charge in [0.1, 0.15) is 11.4 Å². The van der Waals surface area contributed by atoms with Gasteiger partial charge in [-0.1, -0.05) is 5.21 Å². The van der Waals surface area contributed by atoms with Gasteiger partial charge in [0.25, 0.3) is 5.69 Å². The largest absolute Gasteiger partial charge is 0.494 e. The molecule has 1 aromatic carbocycles. The zero-order chi connectivity index (χ0) is 13.8. The highest BCUT2D eigenvalue weighted by Gasteiger charge is 2.14. The van der Waals surface area contributed by atoms with Gasteiger partial charge in [0.2, 0.25) is 0 Å². The van der Waals surface area contributed by atoms with E-state index in [2.05, 4.69) is 10.3 Å². The second-order valence-corrected chi connectivity index (χ2v) is 3.74. The molecule has 1 N–H and O–H groups in total. The molecule has 8 heteroatoms. The molecule has 0 fully saturated rings. The lowest BCUT2D eigenvalue weighted by Gasteiger charge is -2.06. The molecule has 0 bridgehead atoms. The third-order valence-corrected chi connectivity index (χ3v) is 2.53. The first-order valence-corrected chi connectivity index (χ1v) is 5.50. The minimum atomic E-state index is -0.492. The van der Waals surface area contributed by atoms with Crippen molar-refractivity contribution in [1.82, 2.24) is 15.0 Å². The van der Waals surface area contributed by atoms with E-state index in [0.29, 0.717) is 23.6 Å². The molecule has 0 atom stereocenters. The van der Waals surface area contributed by atoms with Gasteiger partial charge in [-0.25, -0.2) is 4.68 Å². The molecule has 0 spiro atoms. The van der Waals surface area contributed by atoms with Crippen molar-refractivity contribution in [3.63, 3.8) is 0 Å². The molecule has 0 aliphatic rings. The van der Waals surface area contributed by atoms with Crippen LogP contribution in [0.15, 0.2) is 24.4 Å². The van der Waals surface area contributed by atoms with Gasteiger partial charge in [-0.3, -0.25) is 10.1 Å². The van der Waals surface area contributed by atoms with Crippen LogP contribution >= 0.6 is 0 Å². The van der Waals surface area contributed by atoms with Crippen molar-refractivity contribution in [1.29, 1.82) is 0 Å². The molecule has 8 nitrogen and oxygen atoms in total. The summed E-state index contributed by atoms with van der Waals surface area (Å²) in [6.07, 6.45) is 1.97. The molecule has 0 amide bonds. The summed E-state index contributed by atoms with van der Waals surface area (Å²) in [7, 11) is 1.47. The molecular weight excluding hydrogens is 252 g/mol. The quantitative estimate of drug-likeness (QED) is 0.630. The number of nitro groups is 1. The number of non-ortho nitro benzene ring substituents is 1. The maximum absolute atomic E-state index is 10.8. The molecule has 0 aliphatic carbocycles. The smallest absolute Gasteiger partial charge is 0.271 e. The van der Waals surface area contributed by atoms with Crippen molar-refractivity contribution in [3.8, 4) is 11.4 Å². The van der Waals surface area contributed by atoms with Crippen LogP contribution in [0.3, 0.4) is 0 Å². The van der Waals surface area contributed by atoms with E-state index in [1.54, 1.807) is 6.20 Å². The van der Waals surface area contributed by atoms with Gasteiger partial charge in [0, 0.05) is 25.2 Å². The van der Waals surface area contributed by atoms with Gasteiger partial charge in [-0.15, -0.1) is 5.10 Å². The summed E-state index contributed by atoms with van der Waals surface area (Å²) in [5.74, 6) is 0.450. The van der Waals surface area contributed by atoms with Gasteiger partial charge < -0.3 is 9.84 Å². The number of rotatable bonds is 5. The summed E-state index contributed by atoms with van der Waals surface area (Å²) in [6, 6.07) is 4.21. The zero-order valence-electron chi connectivity index (χ0n) is 10.2. The first kappa shape index (κ1) is 13.0. The molecule has 0 radical (unpaired) electrons. The molecule has 1 aromatic heterocycles. The molecule has 2 aromatic rings. The Morgan fingerprint density at radius 1 is 1.53 bits per heavy atom. The fourth-order valence-electron chi connectivity index (χ4n) is 1.62. The average Bonchev–Trinajstić information content (AvgIpc) is 2.87. The Morgan fingerprint density at radius 2 is 2.32 bits per heavy atom. The number of hydrogen-bond acceptors (Lipinski definition) is 6. The number of aliphatic hydroxyl groups is 1. The van der Waals surface area contributed by atoms with Crippen molar-refractivity contribution in [2.24, 2.45) is 0 Å².